The molecular weight excluding hydrogens is 420 g/mol. The van der Waals surface area contributed by atoms with Crippen LogP contribution >= 0.6 is 0 Å². The minimum absolute atomic E-state index is 0.0673. The Balaban J connectivity index is 1.79. The van der Waals surface area contributed by atoms with Gasteiger partial charge in [0.05, 0.1) is 23.0 Å². The minimum atomic E-state index is -3.86. The monoisotopic (exact) mass is 442 g/mol. The number of primary sulfonamides is 1. The van der Waals surface area contributed by atoms with E-state index < -0.39 is 16.1 Å². The number of likely N-dealkylation sites (N-methyl/N-ethyl adjacent to an activating group) is 1. The van der Waals surface area contributed by atoms with Gasteiger partial charge in [-0.15, -0.1) is 0 Å². The number of anilines is 1. The summed E-state index contributed by atoms with van der Waals surface area (Å²) in [6, 6.07) is 6.86. The molecule has 11 heteroatoms. The van der Waals surface area contributed by atoms with Crippen LogP contribution in [0.25, 0.3) is 22.2 Å². The van der Waals surface area contributed by atoms with Crippen LogP contribution in [0, 0.1) is 0 Å². The second-order valence-electron chi connectivity index (χ2n) is 6.83. The number of nitrogens with zero attached hydrogens (tertiary/aromatic N) is 4. The smallest absolute Gasteiger partial charge is 0.412 e. The lowest BCUT2D eigenvalue weighted by Gasteiger charge is -2.18. The first kappa shape index (κ1) is 22.1. The van der Waals surface area contributed by atoms with Gasteiger partial charge < -0.3 is 15.0 Å². The van der Waals surface area contributed by atoms with E-state index in [9.17, 15) is 13.2 Å². The van der Waals surface area contributed by atoms with Crippen molar-refractivity contribution in [1.82, 2.24) is 20.3 Å². The zero-order chi connectivity index (χ0) is 22.6. The maximum absolute atomic E-state index is 11.6. The number of pyridine rings is 1. The number of amides is 1. The normalized spacial score (nSPS) is 11.2. The third kappa shape index (κ3) is 5.74. The summed E-state index contributed by atoms with van der Waals surface area (Å²) < 4.78 is 28.0. The van der Waals surface area contributed by atoms with Crippen LogP contribution in [-0.4, -0.2) is 49.6 Å². The Morgan fingerprint density at radius 3 is 2.68 bits per heavy atom. The number of carbonyl (C=O) groups is 1. The third-order valence-corrected chi connectivity index (χ3v) is 5.16. The molecule has 1 amide bonds. The lowest BCUT2D eigenvalue weighted by Crippen LogP contribution is -2.33. The van der Waals surface area contributed by atoms with E-state index in [1.54, 1.807) is 37.5 Å². The molecule has 3 aromatic rings. The van der Waals surface area contributed by atoms with Gasteiger partial charge in [0, 0.05) is 38.1 Å². The van der Waals surface area contributed by atoms with Crippen LogP contribution in [0.4, 0.5) is 10.6 Å². The number of fused-ring (bicyclic) bond motifs is 1. The second-order valence-corrected chi connectivity index (χ2v) is 8.39. The van der Waals surface area contributed by atoms with Gasteiger partial charge in [-0.05, 0) is 30.7 Å². The number of aromatic nitrogens is 3. The fourth-order valence-corrected chi connectivity index (χ4v) is 3.23. The number of nitrogens with one attached hydrogen (secondary N) is 1. The molecule has 0 atom stereocenters. The first-order valence-corrected chi connectivity index (χ1v) is 10.8. The average molecular weight is 443 g/mol. The van der Waals surface area contributed by atoms with Crippen molar-refractivity contribution in [1.29, 1.82) is 0 Å². The lowest BCUT2D eigenvalue weighted by molar-refractivity contribution is 0.177. The Kier molecular flexibility index (Phi) is 6.47. The molecule has 0 radical (unpaired) electrons. The maximum atomic E-state index is 11.6. The van der Waals surface area contributed by atoms with Gasteiger partial charge in [-0.25, -0.2) is 23.3 Å². The van der Waals surface area contributed by atoms with E-state index in [2.05, 4.69) is 26.8 Å². The first-order valence-electron chi connectivity index (χ1n) is 9.21. The summed E-state index contributed by atoms with van der Waals surface area (Å²) in [5.74, 6) is 0.919. The highest BCUT2D eigenvalue weighted by Crippen LogP contribution is 2.25. The molecule has 0 saturated heterocycles. The van der Waals surface area contributed by atoms with Crippen molar-refractivity contribution in [2.24, 2.45) is 5.14 Å². The van der Waals surface area contributed by atoms with Crippen LogP contribution < -0.4 is 15.4 Å². The standard InChI is InChI=1S/C20H22N6O4S/c1-13(2)30-20(27)23-6-7-26(3)19-12-24-17-5-4-14(9-18(17)25-19)15-8-16(11-22-10-15)31(21,28)29/h4-5,8-12H,1,6-7H2,2-3H3,(H,23,27)(H2,21,28,29). The van der Waals surface area contributed by atoms with Crippen LogP contribution in [-0.2, 0) is 14.8 Å². The summed E-state index contributed by atoms with van der Waals surface area (Å²) in [4.78, 5) is 26.3. The first-order chi connectivity index (χ1) is 14.6. The van der Waals surface area contributed by atoms with Gasteiger partial charge >= 0.3 is 6.09 Å². The number of nitrogens with two attached hydrogens (primary N) is 1. The van der Waals surface area contributed by atoms with Crippen LogP contribution in [0.3, 0.4) is 0 Å². The molecule has 0 aliphatic rings. The highest BCUT2D eigenvalue weighted by atomic mass is 32.2. The molecule has 162 valence electrons. The van der Waals surface area contributed by atoms with Gasteiger partial charge in [-0.1, -0.05) is 12.6 Å². The Labute approximate surface area is 179 Å². The van der Waals surface area contributed by atoms with E-state index in [0.717, 1.165) is 5.56 Å². The second kappa shape index (κ2) is 9.06. The lowest BCUT2D eigenvalue weighted by atomic mass is 10.1. The number of ether oxygens (including phenoxy) is 1. The predicted octanol–water partition coefficient (Wildman–Crippen LogP) is 2.04. The van der Waals surface area contributed by atoms with Crippen LogP contribution in [0.2, 0.25) is 0 Å². The van der Waals surface area contributed by atoms with Gasteiger partial charge in [0.1, 0.15) is 10.7 Å². The highest BCUT2D eigenvalue weighted by Gasteiger charge is 2.11. The molecule has 3 N–H and O–H groups in total. The number of hydrogen-bond acceptors (Lipinski definition) is 8. The molecule has 2 heterocycles. The van der Waals surface area contributed by atoms with Crippen molar-refractivity contribution in [3.8, 4) is 11.1 Å². The molecular formula is C20H22N6O4S. The van der Waals surface area contributed by atoms with E-state index >= 15 is 0 Å². The number of hydrogen-bond donors (Lipinski definition) is 2. The Morgan fingerprint density at radius 2 is 1.97 bits per heavy atom. The van der Waals surface area contributed by atoms with Crippen LogP contribution in [0.5, 0.6) is 0 Å². The van der Waals surface area contributed by atoms with E-state index in [1.807, 2.05) is 11.9 Å². The molecule has 0 aliphatic heterocycles. The Morgan fingerprint density at radius 1 is 1.19 bits per heavy atom. The van der Waals surface area contributed by atoms with Crippen molar-refractivity contribution in [2.75, 3.05) is 25.0 Å². The summed E-state index contributed by atoms with van der Waals surface area (Å²) >= 11 is 0. The zero-order valence-corrected chi connectivity index (χ0v) is 17.9. The SMILES string of the molecule is C=C(C)OC(=O)NCCN(C)c1cnc2ccc(-c3cncc(S(N)(=O)=O)c3)cc2n1. The molecule has 1 aromatic carbocycles. The number of alkyl carbamates (subject to hydrolysis) is 1. The molecule has 0 spiro atoms. The number of allylic oxidation sites excluding steroid dienone is 1. The number of rotatable bonds is 7. The fourth-order valence-electron chi connectivity index (χ4n) is 2.73. The van der Waals surface area contributed by atoms with E-state index in [0.29, 0.717) is 41.3 Å². The van der Waals surface area contributed by atoms with Crippen LogP contribution in [0.15, 0.2) is 60.1 Å². The molecule has 0 bridgehead atoms. The summed E-state index contributed by atoms with van der Waals surface area (Å²) in [5, 5.41) is 7.82. The average Bonchev–Trinajstić information content (AvgIpc) is 2.71. The van der Waals surface area contributed by atoms with Crippen molar-refractivity contribution in [3.63, 3.8) is 0 Å². The van der Waals surface area contributed by atoms with E-state index in [1.165, 1.54) is 12.3 Å². The highest BCUT2D eigenvalue weighted by molar-refractivity contribution is 7.89. The van der Waals surface area contributed by atoms with Gasteiger partial charge in [0.2, 0.25) is 10.0 Å². The molecule has 3 rings (SSSR count). The number of carbonyl (C=O) groups excluding carboxylic acids is 1. The van der Waals surface area contributed by atoms with Crippen molar-refractivity contribution in [3.05, 3.63) is 55.2 Å². The van der Waals surface area contributed by atoms with Crippen LogP contribution in [0.1, 0.15) is 6.92 Å². The molecule has 10 nitrogen and oxygen atoms in total. The minimum Gasteiger partial charge on any atom is -0.416 e. The summed E-state index contributed by atoms with van der Waals surface area (Å²) in [6.45, 7) is 5.92. The molecule has 0 unspecified atom stereocenters. The van der Waals surface area contributed by atoms with Crippen molar-refractivity contribution >= 4 is 33.0 Å². The Hall–Kier alpha value is -3.57. The van der Waals surface area contributed by atoms with Gasteiger partial charge in [-0.2, -0.15) is 0 Å². The maximum Gasteiger partial charge on any atom is 0.412 e. The van der Waals surface area contributed by atoms with E-state index in [4.69, 9.17) is 9.88 Å². The Bertz CT molecular complexity index is 1250. The summed E-state index contributed by atoms with van der Waals surface area (Å²) in [7, 11) is -2.03. The topological polar surface area (TPSA) is 140 Å². The molecule has 0 aliphatic carbocycles. The van der Waals surface area contributed by atoms with E-state index in [-0.39, 0.29) is 4.90 Å². The molecule has 0 fully saturated rings. The van der Waals surface area contributed by atoms with Gasteiger partial charge in [0.15, 0.2) is 0 Å². The fraction of sp³-hybridized carbons (Fsp3) is 0.200. The number of benzene rings is 1. The van der Waals surface area contributed by atoms with Gasteiger partial charge in [-0.3, -0.25) is 9.97 Å². The predicted molar refractivity (Wildman–Crippen MR) is 117 cm³/mol. The molecule has 0 saturated carbocycles. The summed E-state index contributed by atoms with van der Waals surface area (Å²) in [6.07, 6.45) is 3.82. The van der Waals surface area contributed by atoms with Gasteiger partial charge in [0.25, 0.3) is 0 Å². The summed E-state index contributed by atoms with van der Waals surface area (Å²) in [5.41, 5.74) is 2.62. The quantitative estimate of drug-likeness (QED) is 0.530. The zero-order valence-electron chi connectivity index (χ0n) is 17.1. The van der Waals surface area contributed by atoms with Crippen molar-refractivity contribution in [2.45, 2.75) is 11.8 Å². The third-order valence-electron chi connectivity index (χ3n) is 4.28. The van der Waals surface area contributed by atoms with Crippen molar-refractivity contribution < 1.29 is 17.9 Å². The largest absolute Gasteiger partial charge is 0.416 e. The number of sulfonamides is 1. The molecule has 2 aromatic heterocycles. The molecule has 31 heavy (non-hydrogen) atoms.